The Bertz CT molecular complexity index is 2670. The first kappa shape index (κ1) is 28.6. The van der Waals surface area contributed by atoms with Crippen LogP contribution in [0.2, 0.25) is 0 Å². The number of para-hydroxylation sites is 3. The lowest BCUT2D eigenvalue weighted by atomic mass is 9.95. The molecule has 9 rings (SSSR count). The molecule has 2 heterocycles. The third kappa shape index (κ3) is 4.65. The molecule has 0 aliphatic carbocycles. The third-order valence-corrected chi connectivity index (χ3v) is 9.69. The largest absolute Gasteiger partial charge is 0.398 e. The summed E-state index contributed by atoms with van der Waals surface area (Å²) in [7, 11) is 0. The van der Waals surface area contributed by atoms with Gasteiger partial charge in [0.15, 0.2) is 0 Å². The molecular weight excluding hydrogens is 597 g/mol. The minimum Gasteiger partial charge on any atom is -0.398 e. The fourth-order valence-corrected chi connectivity index (χ4v) is 7.26. The van der Waals surface area contributed by atoms with Gasteiger partial charge in [0.2, 0.25) is 0 Å². The molecule has 1 aliphatic heterocycles. The molecule has 7 aromatic carbocycles. The van der Waals surface area contributed by atoms with Gasteiger partial charge in [0.05, 0.1) is 22.4 Å². The van der Waals surface area contributed by atoms with Crippen molar-refractivity contribution in [3.05, 3.63) is 187 Å². The number of benzene rings is 7. The minimum absolute atomic E-state index is 0.415. The second-order valence-corrected chi connectivity index (χ2v) is 12.5. The monoisotopic (exact) mass is 628 g/mol. The van der Waals surface area contributed by atoms with Gasteiger partial charge >= 0.3 is 0 Å². The second-order valence-electron chi connectivity index (χ2n) is 12.5. The van der Waals surface area contributed by atoms with Crippen LogP contribution in [0.1, 0.15) is 16.7 Å². The zero-order chi connectivity index (χ0) is 33.1. The van der Waals surface area contributed by atoms with E-state index < -0.39 is 0 Å². The van der Waals surface area contributed by atoms with Crippen molar-refractivity contribution in [3.63, 3.8) is 0 Å². The number of nitrogens with one attached hydrogen (secondary N) is 1. The molecule has 0 unspecified atom stereocenters. The van der Waals surface area contributed by atoms with Crippen LogP contribution in [-0.4, -0.2) is 10.3 Å². The predicted octanol–water partition coefficient (Wildman–Crippen LogP) is 11.3. The Balaban J connectivity index is 1.13. The first-order valence-corrected chi connectivity index (χ1v) is 16.4. The van der Waals surface area contributed by atoms with E-state index in [-0.39, 0.29) is 0 Å². The van der Waals surface area contributed by atoms with E-state index in [1.54, 1.807) is 0 Å². The molecule has 0 atom stereocenters. The smallest absolute Gasteiger partial charge is 0.0705 e. The van der Waals surface area contributed by atoms with E-state index in [1.807, 2.05) is 42.5 Å². The summed E-state index contributed by atoms with van der Waals surface area (Å²) in [6.07, 6.45) is 6.53. The molecule has 49 heavy (non-hydrogen) atoms. The lowest BCUT2D eigenvalue weighted by molar-refractivity contribution is 1.21. The molecule has 8 aromatic rings. The van der Waals surface area contributed by atoms with E-state index >= 15 is 0 Å². The molecule has 3 N–H and O–H groups in total. The quantitative estimate of drug-likeness (QED) is 0.150. The van der Waals surface area contributed by atoms with Gasteiger partial charge in [-0.1, -0.05) is 116 Å². The van der Waals surface area contributed by atoms with Crippen molar-refractivity contribution >= 4 is 77.4 Å². The topological polar surface area (TPSA) is 58.0 Å². The van der Waals surface area contributed by atoms with Gasteiger partial charge in [0, 0.05) is 56.1 Å². The van der Waals surface area contributed by atoms with Crippen molar-refractivity contribution < 1.29 is 0 Å². The van der Waals surface area contributed by atoms with Crippen LogP contribution in [0.5, 0.6) is 0 Å². The zero-order valence-corrected chi connectivity index (χ0v) is 26.8. The maximum atomic E-state index is 9.08. The van der Waals surface area contributed by atoms with Gasteiger partial charge < -0.3 is 15.2 Å². The standard InChI is InChI=1S/C45H32N4/c1-29-26-35(49-42-16-8-5-13-38(42)39-14-6-9-17-43(39)49)24-25-48(41-15-7-4-11-36(29)41)34-22-20-31-27-33(19-18-32(31)28-34)44(46)40-23-21-30-10-2-3-12-37(30)45(40)47/h2-28,46H,1,47H2/b25-24-,35-26+,46-44?. The van der Waals surface area contributed by atoms with Gasteiger partial charge in [0.25, 0.3) is 0 Å². The normalized spacial score (nSPS) is 14.8. The molecule has 0 amide bonds. The molecule has 0 spiro atoms. The Labute approximate surface area is 284 Å². The lowest BCUT2D eigenvalue weighted by Crippen LogP contribution is -2.12. The first-order chi connectivity index (χ1) is 24.0. The number of fused-ring (bicyclic) bond motifs is 6. The second kappa shape index (κ2) is 11.3. The SMILES string of the molecule is C=C1/C=C(n2c3ccccc3c3ccccc32)\C=C/N(c2ccc3cc(C(=N)c4ccc5ccccc5c4N)ccc3c2)c2ccccc21. The Morgan fingerprint density at radius 2 is 1.24 bits per heavy atom. The Morgan fingerprint density at radius 3 is 2.04 bits per heavy atom. The average molecular weight is 629 g/mol. The highest BCUT2D eigenvalue weighted by atomic mass is 15.1. The molecule has 0 radical (unpaired) electrons. The maximum Gasteiger partial charge on any atom is 0.0705 e. The number of allylic oxidation sites excluding steroid dienone is 4. The summed E-state index contributed by atoms with van der Waals surface area (Å²) in [4.78, 5) is 2.24. The van der Waals surface area contributed by atoms with Crippen LogP contribution in [-0.2, 0) is 0 Å². The minimum atomic E-state index is 0.415. The molecule has 4 nitrogen and oxygen atoms in total. The van der Waals surface area contributed by atoms with Crippen molar-refractivity contribution in [1.82, 2.24) is 4.57 Å². The van der Waals surface area contributed by atoms with E-state index in [0.29, 0.717) is 11.4 Å². The molecular formula is C45H32N4. The average Bonchev–Trinajstić information content (AvgIpc) is 3.48. The van der Waals surface area contributed by atoms with Gasteiger partial charge in [-0.15, -0.1) is 0 Å². The van der Waals surface area contributed by atoms with Crippen LogP contribution >= 0.6 is 0 Å². The van der Waals surface area contributed by atoms with E-state index in [9.17, 15) is 0 Å². The number of nitrogens with two attached hydrogens (primary N) is 1. The maximum absolute atomic E-state index is 9.08. The van der Waals surface area contributed by atoms with E-state index in [1.165, 1.54) is 10.8 Å². The van der Waals surface area contributed by atoms with Crippen LogP contribution in [0.3, 0.4) is 0 Å². The van der Waals surface area contributed by atoms with Crippen molar-refractivity contribution in [2.24, 2.45) is 0 Å². The lowest BCUT2D eigenvalue weighted by Gasteiger charge is -2.26. The molecule has 0 saturated heterocycles. The first-order valence-electron chi connectivity index (χ1n) is 16.4. The van der Waals surface area contributed by atoms with Crippen molar-refractivity contribution in [2.75, 3.05) is 10.6 Å². The molecule has 1 aliphatic rings. The number of hydrogen-bond donors (Lipinski definition) is 2. The van der Waals surface area contributed by atoms with Crippen molar-refractivity contribution in [2.45, 2.75) is 0 Å². The third-order valence-electron chi connectivity index (χ3n) is 9.69. The number of aromatic nitrogens is 1. The number of rotatable bonds is 4. The van der Waals surface area contributed by atoms with Gasteiger partial charge in [0.1, 0.15) is 0 Å². The Hall–Kier alpha value is -6.65. The van der Waals surface area contributed by atoms with Crippen LogP contribution < -0.4 is 10.6 Å². The fourth-order valence-electron chi connectivity index (χ4n) is 7.26. The van der Waals surface area contributed by atoms with Crippen LogP contribution in [0.4, 0.5) is 17.1 Å². The van der Waals surface area contributed by atoms with E-state index in [2.05, 4.69) is 138 Å². The number of anilines is 3. The molecule has 232 valence electrons. The summed E-state index contributed by atoms with van der Waals surface area (Å²) in [5.41, 5.74) is 16.7. The molecule has 0 fully saturated rings. The van der Waals surface area contributed by atoms with Crippen molar-refractivity contribution in [3.8, 4) is 0 Å². The zero-order valence-electron chi connectivity index (χ0n) is 26.8. The molecule has 1 aromatic heterocycles. The highest BCUT2D eigenvalue weighted by Crippen LogP contribution is 2.39. The van der Waals surface area contributed by atoms with Crippen LogP contribution in [0.25, 0.3) is 54.6 Å². The summed E-state index contributed by atoms with van der Waals surface area (Å²) in [5, 5.41) is 15.7. The highest BCUT2D eigenvalue weighted by Gasteiger charge is 2.19. The van der Waals surface area contributed by atoms with Gasteiger partial charge in [-0.3, -0.25) is 5.41 Å². The molecule has 0 bridgehead atoms. The highest BCUT2D eigenvalue weighted by molar-refractivity contribution is 6.18. The number of nitrogen functional groups attached to an aromatic ring is 1. The fraction of sp³-hybridized carbons (Fsp3) is 0. The summed E-state index contributed by atoms with van der Waals surface area (Å²) < 4.78 is 2.33. The summed E-state index contributed by atoms with van der Waals surface area (Å²) in [6, 6.07) is 50.3. The van der Waals surface area contributed by atoms with E-state index in [4.69, 9.17) is 11.1 Å². The summed E-state index contributed by atoms with van der Waals surface area (Å²) >= 11 is 0. The van der Waals surface area contributed by atoms with Crippen LogP contribution in [0.15, 0.2) is 171 Å². The number of hydrogen-bond acceptors (Lipinski definition) is 3. The van der Waals surface area contributed by atoms with Crippen LogP contribution in [0, 0.1) is 5.41 Å². The number of nitrogens with zero attached hydrogens (tertiary/aromatic N) is 2. The summed E-state index contributed by atoms with van der Waals surface area (Å²) in [6.45, 7) is 4.55. The molecule has 0 saturated carbocycles. The van der Waals surface area contributed by atoms with Crippen molar-refractivity contribution in [1.29, 1.82) is 5.41 Å². The van der Waals surface area contributed by atoms with E-state index in [0.717, 1.165) is 71.9 Å². The Morgan fingerprint density at radius 1 is 0.612 bits per heavy atom. The Kier molecular flexibility index (Phi) is 6.56. The van der Waals surface area contributed by atoms with Gasteiger partial charge in [-0.05, 0) is 70.3 Å². The van der Waals surface area contributed by atoms with Gasteiger partial charge in [-0.25, -0.2) is 0 Å². The van der Waals surface area contributed by atoms with Gasteiger partial charge in [-0.2, -0.15) is 0 Å². The predicted molar refractivity (Wildman–Crippen MR) is 209 cm³/mol. The summed E-state index contributed by atoms with van der Waals surface area (Å²) in [5.74, 6) is 0. The molecule has 4 heteroatoms.